The summed E-state index contributed by atoms with van der Waals surface area (Å²) in [6, 6.07) is 11.7. The second kappa shape index (κ2) is 11.2. The first-order valence-electron chi connectivity index (χ1n) is 13.4. The van der Waals surface area contributed by atoms with Crippen LogP contribution in [0.3, 0.4) is 0 Å². The van der Waals surface area contributed by atoms with Gasteiger partial charge in [0.2, 0.25) is 11.8 Å². The third kappa shape index (κ3) is 5.47. The maximum absolute atomic E-state index is 13.5. The summed E-state index contributed by atoms with van der Waals surface area (Å²) in [5, 5.41) is 12.6. The minimum Gasteiger partial charge on any atom is -0.493 e. The van der Waals surface area contributed by atoms with E-state index in [-0.39, 0.29) is 47.2 Å². The fraction of sp³-hybridized carbons (Fsp3) is 0.414. The Morgan fingerprint density at radius 1 is 1.12 bits per heavy atom. The number of hydrogen-bond donors (Lipinski definition) is 1. The van der Waals surface area contributed by atoms with E-state index in [0.29, 0.717) is 53.5 Å². The third-order valence-corrected chi connectivity index (χ3v) is 8.01. The van der Waals surface area contributed by atoms with Crippen LogP contribution in [0.25, 0.3) is 10.9 Å². The Bertz CT molecular complexity index is 1650. The van der Waals surface area contributed by atoms with Gasteiger partial charge in [0.05, 0.1) is 34.0 Å². The van der Waals surface area contributed by atoms with Crippen LogP contribution < -0.4 is 21.3 Å². The van der Waals surface area contributed by atoms with Crippen molar-refractivity contribution in [1.82, 2.24) is 14.0 Å². The van der Waals surface area contributed by atoms with Gasteiger partial charge in [0.15, 0.2) is 0 Å². The first-order chi connectivity index (χ1) is 19.2. The van der Waals surface area contributed by atoms with Gasteiger partial charge in [0, 0.05) is 50.8 Å². The molecule has 2 heterocycles. The first kappa shape index (κ1) is 27.5. The molecular formula is C29H30ClN5O5. The van der Waals surface area contributed by atoms with Crippen molar-refractivity contribution in [2.75, 3.05) is 25.0 Å². The molecule has 208 valence electrons. The Kier molecular flexibility index (Phi) is 7.68. The Morgan fingerprint density at radius 2 is 1.90 bits per heavy atom. The summed E-state index contributed by atoms with van der Waals surface area (Å²) >= 11 is 6.11. The van der Waals surface area contributed by atoms with Crippen molar-refractivity contribution in [3.8, 4) is 11.8 Å². The minimum atomic E-state index is -0.551. The molecule has 0 unspecified atom stereocenters. The standard InChI is InChI=1S/C29H30ClN5O5/c1-3-34-26-9-7-21(10-23(26)28(38)35(29(34)39)13-18-4-5-18)32-27(37)24-15-33(17(2)36)14-20(24)16-40-22-8-6-19(12-31)25(30)11-22/h6-11,18,20,24H,3-5,13-16H2,1-2H3,(H,32,37)/t20-,24-/m1/s1. The molecular weight excluding hydrogens is 534 g/mol. The molecule has 0 radical (unpaired) electrons. The highest BCUT2D eigenvalue weighted by molar-refractivity contribution is 6.31. The van der Waals surface area contributed by atoms with Crippen molar-refractivity contribution in [3.63, 3.8) is 0 Å². The Morgan fingerprint density at radius 3 is 2.55 bits per heavy atom. The minimum absolute atomic E-state index is 0.138. The van der Waals surface area contributed by atoms with Crippen molar-refractivity contribution in [2.24, 2.45) is 17.8 Å². The molecule has 3 aromatic rings. The lowest BCUT2D eigenvalue weighted by atomic mass is 9.96. The normalized spacial score (nSPS) is 18.5. The fourth-order valence-electron chi connectivity index (χ4n) is 5.24. The van der Waals surface area contributed by atoms with Gasteiger partial charge in [-0.1, -0.05) is 11.6 Å². The van der Waals surface area contributed by atoms with Crippen LogP contribution in [0.1, 0.15) is 32.3 Å². The van der Waals surface area contributed by atoms with Gasteiger partial charge in [-0.05, 0) is 56.0 Å². The monoisotopic (exact) mass is 563 g/mol. The van der Waals surface area contributed by atoms with Crippen molar-refractivity contribution in [2.45, 2.75) is 39.8 Å². The van der Waals surface area contributed by atoms with Gasteiger partial charge in [-0.25, -0.2) is 4.79 Å². The smallest absolute Gasteiger partial charge is 0.331 e. The molecule has 2 aromatic carbocycles. The molecule has 2 fully saturated rings. The molecule has 40 heavy (non-hydrogen) atoms. The van der Waals surface area contributed by atoms with Gasteiger partial charge in [-0.15, -0.1) is 0 Å². The Labute approximate surface area is 235 Å². The van der Waals surface area contributed by atoms with Gasteiger partial charge in [0.25, 0.3) is 5.56 Å². The summed E-state index contributed by atoms with van der Waals surface area (Å²) in [6.45, 7) is 4.89. The SMILES string of the molecule is CCn1c(=O)n(CC2CC2)c(=O)c2cc(NC(=O)[C@@H]3CN(C(C)=O)C[C@@H]3COc3ccc(C#N)c(Cl)c3)ccc21. The van der Waals surface area contributed by atoms with Crippen molar-refractivity contribution < 1.29 is 14.3 Å². The number of nitriles is 1. The molecule has 1 saturated carbocycles. The summed E-state index contributed by atoms with van der Waals surface area (Å²) in [4.78, 5) is 53.4. The van der Waals surface area contributed by atoms with Crippen LogP contribution >= 0.6 is 11.6 Å². The Hall–Kier alpha value is -4.10. The van der Waals surface area contributed by atoms with E-state index in [2.05, 4.69) is 5.32 Å². The van der Waals surface area contributed by atoms with E-state index in [1.807, 2.05) is 13.0 Å². The number of aromatic nitrogens is 2. The van der Waals surface area contributed by atoms with Crippen LogP contribution in [0.15, 0.2) is 46.0 Å². The van der Waals surface area contributed by atoms with Crippen LogP contribution in [0.2, 0.25) is 5.02 Å². The van der Waals surface area contributed by atoms with Crippen molar-refractivity contribution in [1.29, 1.82) is 5.26 Å². The highest BCUT2D eigenvalue weighted by atomic mass is 35.5. The highest BCUT2D eigenvalue weighted by Crippen LogP contribution is 2.30. The molecule has 2 amide bonds. The fourth-order valence-corrected chi connectivity index (χ4v) is 5.45. The molecule has 2 atom stereocenters. The van der Waals surface area contributed by atoms with E-state index in [4.69, 9.17) is 21.6 Å². The number of anilines is 1. The number of fused-ring (bicyclic) bond motifs is 1. The number of amides is 2. The molecule has 1 aliphatic carbocycles. The summed E-state index contributed by atoms with van der Waals surface area (Å²) in [7, 11) is 0. The molecule has 5 rings (SSSR count). The predicted octanol–water partition coefficient (Wildman–Crippen LogP) is 3.23. The van der Waals surface area contributed by atoms with Gasteiger partial charge < -0.3 is 15.0 Å². The van der Waals surface area contributed by atoms with Crippen LogP contribution in [-0.4, -0.2) is 45.5 Å². The number of carbonyl (C=O) groups excluding carboxylic acids is 2. The lowest BCUT2D eigenvalue weighted by Crippen LogP contribution is -2.40. The Balaban J connectivity index is 1.38. The van der Waals surface area contributed by atoms with E-state index in [1.165, 1.54) is 11.5 Å². The van der Waals surface area contributed by atoms with E-state index in [1.54, 1.807) is 45.9 Å². The molecule has 0 bridgehead atoms. The number of nitrogens with one attached hydrogen (secondary N) is 1. The molecule has 2 aliphatic rings. The number of likely N-dealkylation sites (tertiary alicyclic amines) is 1. The van der Waals surface area contributed by atoms with Gasteiger partial charge in [-0.2, -0.15) is 5.26 Å². The van der Waals surface area contributed by atoms with Gasteiger partial charge in [-0.3, -0.25) is 23.5 Å². The summed E-state index contributed by atoms with van der Waals surface area (Å²) < 4.78 is 8.78. The molecule has 0 spiro atoms. The van der Waals surface area contributed by atoms with Gasteiger partial charge >= 0.3 is 5.69 Å². The number of hydrogen-bond acceptors (Lipinski definition) is 6. The number of aryl methyl sites for hydroxylation is 1. The number of carbonyl (C=O) groups is 2. The first-order valence-corrected chi connectivity index (χ1v) is 13.7. The van der Waals surface area contributed by atoms with Crippen molar-refractivity contribution in [3.05, 3.63) is 67.8 Å². The maximum Gasteiger partial charge on any atom is 0.331 e. The van der Waals surface area contributed by atoms with Crippen LogP contribution in [0.4, 0.5) is 5.69 Å². The zero-order valence-electron chi connectivity index (χ0n) is 22.4. The molecule has 1 N–H and O–H groups in total. The highest BCUT2D eigenvalue weighted by Gasteiger charge is 2.39. The lowest BCUT2D eigenvalue weighted by molar-refractivity contribution is -0.128. The maximum atomic E-state index is 13.5. The number of nitrogens with zero attached hydrogens (tertiary/aromatic N) is 4. The number of ether oxygens (including phenoxy) is 1. The molecule has 1 saturated heterocycles. The topological polar surface area (TPSA) is 126 Å². The van der Waals surface area contributed by atoms with Crippen molar-refractivity contribution >= 4 is 40.0 Å². The molecule has 11 heteroatoms. The van der Waals surface area contributed by atoms with Crippen LogP contribution in [0, 0.1) is 29.1 Å². The molecule has 10 nitrogen and oxygen atoms in total. The van der Waals surface area contributed by atoms with E-state index in [9.17, 15) is 19.2 Å². The summed E-state index contributed by atoms with van der Waals surface area (Å²) in [5.41, 5.74) is 0.627. The van der Waals surface area contributed by atoms with Gasteiger partial charge in [0.1, 0.15) is 11.8 Å². The van der Waals surface area contributed by atoms with E-state index >= 15 is 0 Å². The van der Waals surface area contributed by atoms with Crippen LogP contribution in [-0.2, 0) is 22.7 Å². The summed E-state index contributed by atoms with van der Waals surface area (Å²) in [6.07, 6.45) is 2.02. The lowest BCUT2D eigenvalue weighted by Gasteiger charge is -2.19. The molecule has 1 aromatic heterocycles. The number of benzene rings is 2. The number of halogens is 1. The average molecular weight is 564 g/mol. The largest absolute Gasteiger partial charge is 0.493 e. The van der Waals surface area contributed by atoms with Crippen LogP contribution in [0.5, 0.6) is 5.75 Å². The average Bonchev–Trinajstić information content (AvgIpc) is 3.65. The second-order valence-electron chi connectivity index (χ2n) is 10.5. The van der Waals surface area contributed by atoms with E-state index < -0.39 is 5.92 Å². The zero-order valence-corrected chi connectivity index (χ0v) is 23.1. The summed E-state index contributed by atoms with van der Waals surface area (Å²) in [5.74, 6) is -0.465. The second-order valence-corrected chi connectivity index (χ2v) is 10.9. The predicted molar refractivity (Wildman–Crippen MR) is 150 cm³/mol. The third-order valence-electron chi connectivity index (χ3n) is 7.69. The zero-order chi connectivity index (χ0) is 28.6. The van der Waals surface area contributed by atoms with E-state index in [0.717, 1.165) is 12.8 Å². The quantitative estimate of drug-likeness (QED) is 0.448. The molecule has 1 aliphatic heterocycles. The number of rotatable bonds is 8.